The van der Waals surface area contributed by atoms with Gasteiger partial charge in [-0.3, -0.25) is 4.79 Å². The molecule has 0 aliphatic heterocycles. The number of rotatable bonds is 4. The minimum atomic E-state index is 0.0751. The van der Waals surface area contributed by atoms with Gasteiger partial charge in [0.1, 0.15) is 5.78 Å². The molecule has 1 aromatic heterocycles. The second kappa shape index (κ2) is 5.27. The van der Waals surface area contributed by atoms with E-state index in [-0.39, 0.29) is 5.78 Å². The van der Waals surface area contributed by atoms with Gasteiger partial charge < -0.3 is 5.32 Å². The lowest BCUT2D eigenvalue weighted by atomic mass is 10.1. The van der Waals surface area contributed by atoms with E-state index in [4.69, 9.17) is 0 Å². The summed E-state index contributed by atoms with van der Waals surface area (Å²) in [4.78, 5) is 15.3. The fourth-order valence-corrected chi connectivity index (χ4v) is 2.20. The minimum Gasteiger partial charge on any atom is -0.330 e. The number of Topliss-reactive ketones (excluding diaryl/α,β-unsaturated/α-hetero) is 1. The van der Waals surface area contributed by atoms with Crippen LogP contribution in [0.4, 0.5) is 10.8 Å². The Hall–Kier alpha value is -1.75. The van der Waals surface area contributed by atoms with Gasteiger partial charge in [0.05, 0.1) is 6.42 Å². The Labute approximate surface area is 110 Å². The number of hydrogen-bond acceptors (Lipinski definition) is 5. The van der Waals surface area contributed by atoms with Crippen LogP contribution in [0, 0.1) is 13.8 Å². The molecule has 94 valence electrons. The van der Waals surface area contributed by atoms with Gasteiger partial charge in [0.15, 0.2) is 5.82 Å². The van der Waals surface area contributed by atoms with Crippen LogP contribution in [-0.4, -0.2) is 15.1 Å². The average Bonchev–Trinajstić information content (AvgIpc) is 2.71. The van der Waals surface area contributed by atoms with Crippen LogP contribution in [0.3, 0.4) is 0 Å². The van der Waals surface area contributed by atoms with Gasteiger partial charge in [0, 0.05) is 17.2 Å². The van der Waals surface area contributed by atoms with Crippen molar-refractivity contribution in [3.05, 3.63) is 35.2 Å². The fraction of sp³-hybridized carbons (Fsp3) is 0.308. The molecule has 0 saturated heterocycles. The Morgan fingerprint density at radius 2 is 2.17 bits per heavy atom. The summed E-state index contributed by atoms with van der Waals surface area (Å²) in [7, 11) is 0. The van der Waals surface area contributed by atoms with Crippen LogP contribution in [0.2, 0.25) is 0 Å². The van der Waals surface area contributed by atoms with Crippen molar-refractivity contribution in [1.29, 1.82) is 0 Å². The summed E-state index contributed by atoms with van der Waals surface area (Å²) in [6.07, 6.45) is 0.297. The first-order chi connectivity index (χ1) is 8.56. The van der Waals surface area contributed by atoms with Gasteiger partial charge in [-0.05, 0) is 38.0 Å². The highest BCUT2D eigenvalue weighted by Gasteiger charge is 2.08. The number of ketones is 1. The molecule has 1 aromatic carbocycles. The van der Waals surface area contributed by atoms with Crippen LogP contribution in [-0.2, 0) is 11.2 Å². The number of anilines is 2. The quantitative estimate of drug-likeness (QED) is 0.919. The molecule has 0 spiro atoms. The second-order valence-corrected chi connectivity index (χ2v) is 5.02. The van der Waals surface area contributed by atoms with E-state index in [0.29, 0.717) is 12.2 Å². The first-order valence-corrected chi connectivity index (χ1v) is 6.49. The maximum atomic E-state index is 11.0. The van der Waals surface area contributed by atoms with Crippen molar-refractivity contribution in [2.75, 3.05) is 5.32 Å². The van der Waals surface area contributed by atoms with E-state index in [2.05, 4.69) is 34.6 Å². The Balaban J connectivity index is 2.16. The summed E-state index contributed by atoms with van der Waals surface area (Å²) >= 11 is 1.28. The third-order valence-electron chi connectivity index (χ3n) is 2.72. The molecule has 0 radical (unpaired) electrons. The van der Waals surface area contributed by atoms with Crippen molar-refractivity contribution in [3.63, 3.8) is 0 Å². The van der Waals surface area contributed by atoms with Crippen molar-refractivity contribution in [1.82, 2.24) is 9.36 Å². The molecular weight excluding hydrogens is 246 g/mol. The minimum absolute atomic E-state index is 0.0751. The monoisotopic (exact) mass is 261 g/mol. The van der Waals surface area contributed by atoms with Crippen molar-refractivity contribution in [3.8, 4) is 0 Å². The number of nitrogens with zero attached hydrogens (tertiary/aromatic N) is 2. The topological polar surface area (TPSA) is 54.9 Å². The molecule has 1 heterocycles. The summed E-state index contributed by atoms with van der Waals surface area (Å²) in [5.74, 6) is 0.659. The number of carbonyl (C=O) groups is 1. The van der Waals surface area contributed by atoms with Gasteiger partial charge in [-0.25, -0.2) is 4.98 Å². The van der Waals surface area contributed by atoms with Gasteiger partial charge in [0.2, 0.25) is 5.13 Å². The van der Waals surface area contributed by atoms with Crippen LogP contribution in [0.5, 0.6) is 0 Å². The summed E-state index contributed by atoms with van der Waals surface area (Å²) < 4.78 is 4.15. The fourth-order valence-electron chi connectivity index (χ4n) is 1.60. The molecule has 1 N–H and O–H groups in total. The lowest BCUT2D eigenvalue weighted by molar-refractivity contribution is -0.116. The number of nitrogens with one attached hydrogen (secondary N) is 1. The molecular formula is C13H15N3OS. The molecule has 0 saturated carbocycles. The average molecular weight is 261 g/mol. The molecule has 0 aliphatic rings. The van der Waals surface area contributed by atoms with E-state index in [1.807, 2.05) is 12.1 Å². The summed E-state index contributed by atoms with van der Waals surface area (Å²) in [5.41, 5.74) is 3.45. The highest BCUT2D eigenvalue weighted by Crippen LogP contribution is 2.23. The summed E-state index contributed by atoms with van der Waals surface area (Å²) in [6, 6.07) is 6.08. The number of benzene rings is 1. The highest BCUT2D eigenvalue weighted by atomic mass is 32.1. The van der Waals surface area contributed by atoms with Crippen LogP contribution in [0.15, 0.2) is 18.2 Å². The zero-order valence-electron chi connectivity index (χ0n) is 10.7. The SMILES string of the molecule is CC(=O)Cc1nsc(Nc2cccc(C)c2C)n1. The molecule has 0 fully saturated rings. The predicted octanol–water partition coefficient (Wildman–Crippen LogP) is 3.03. The summed E-state index contributed by atoms with van der Waals surface area (Å²) in [5, 5.41) is 3.96. The van der Waals surface area contributed by atoms with E-state index in [1.165, 1.54) is 22.7 Å². The molecule has 0 aliphatic carbocycles. The van der Waals surface area contributed by atoms with Crippen LogP contribution >= 0.6 is 11.5 Å². The molecule has 0 atom stereocenters. The lowest BCUT2D eigenvalue weighted by Gasteiger charge is -2.08. The molecule has 5 heteroatoms. The van der Waals surface area contributed by atoms with Gasteiger partial charge >= 0.3 is 0 Å². The van der Waals surface area contributed by atoms with Crippen molar-refractivity contribution in [2.24, 2.45) is 0 Å². The normalized spacial score (nSPS) is 10.4. The van der Waals surface area contributed by atoms with Gasteiger partial charge in [-0.1, -0.05) is 12.1 Å². The Morgan fingerprint density at radius 1 is 1.39 bits per heavy atom. The van der Waals surface area contributed by atoms with Crippen molar-refractivity contribution < 1.29 is 4.79 Å². The first-order valence-electron chi connectivity index (χ1n) is 5.71. The first kappa shape index (κ1) is 12.7. The molecule has 4 nitrogen and oxygen atoms in total. The van der Waals surface area contributed by atoms with Gasteiger partial charge in [-0.2, -0.15) is 4.37 Å². The zero-order chi connectivity index (χ0) is 13.1. The largest absolute Gasteiger partial charge is 0.330 e. The molecule has 2 aromatic rings. The van der Waals surface area contributed by atoms with Crippen molar-refractivity contribution >= 4 is 28.1 Å². The lowest BCUT2D eigenvalue weighted by Crippen LogP contribution is -1.99. The number of aryl methyl sites for hydroxylation is 1. The van der Waals surface area contributed by atoms with E-state index >= 15 is 0 Å². The molecule has 0 amide bonds. The molecule has 0 bridgehead atoms. The van der Waals surface area contributed by atoms with Crippen molar-refractivity contribution in [2.45, 2.75) is 27.2 Å². The molecule has 2 rings (SSSR count). The standard InChI is InChI=1S/C13H15N3OS/c1-8-5-4-6-11(10(8)3)14-13-15-12(16-18-13)7-9(2)17/h4-6H,7H2,1-3H3,(H,14,15,16). The Morgan fingerprint density at radius 3 is 2.89 bits per heavy atom. The smallest absolute Gasteiger partial charge is 0.207 e. The molecule has 18 heavy (non-hydrogen) atoms. The predicted molar refractivity (Wildman–Crippen MR) is 73.5 cm³/mol. The van der Waals surface area contributed by atoms with Gasteiger partial charge in [0.25, 0.3) is 0 Å². The van der Waals surface area contributed by atoms with Crippen LogP contribution in [0.25, 0.3) is 0 Å². The van der Waals surface area contributed by atoms with E-state index in [0.717, 1.165) is 10.8 Å². The second-order valence-electron chi connectivity index (χ2n) is 4.27. The van der Waals surface area contributed by atoms with Crippen LogP contribution in [0.1, 0.15) is 23.9 Å². The van der Waals surface area contributed by atoms with E-state index < -0.39 is 0 Å². The third kappa shape index (κ3) is 2.92. The van der Waals surface area contributed by atoms with Gasteiger partial charge in [-0.15, -0.1) is 0 Å². The Bertz CT molecular complexity index is 577. The number of carbonyl (C=O) groups excluding carboxylic acids is 1. The highest BCUT2D eigenvalue weighted by molar-refractivity contribution is 7.09. The molecule has 0 unspecified atom stereocenters. The zero-order valence-corrected chi connectivity index (χ0v) is 11.5. The summed E-state index contributed by atoms with van der Waals surface area (Å²) in [6.45, 7) is 5.68. The van der Waals surface area contributed by atoms with E-state index in [9.17, 15) is 4.79 Å². The van der Waals surface area contributed by atoms with Crippen LogP contribution < -0.4 is 5.32 Å². The maximum Gasteiger partial charge on any atom is 0.207 e. The maximum absolute atomic E-state index is 11.0. The third-order valence-corrected chi connectivity index (χ3v) is 3.39. The van der Waals surface area contributed by atoms with E-state index in [1.54, 1.807) is 6.92 Å². The Kier molecular flexibility index (Phi) is 3.72. The number of aromatic nitrogens is 2. The number of hydrogen-bond donors (Lipinski definition) is 1.